The zero-order valence-corrected chi connectivity index (χ0v) is 11.4. The highest BCUT2D eigenvalue weighted by Crippen LogP contribution is 2.23. The number of thiocarbonyl (C=S) groups is 1. The van der Waals surface area contributed by atoms with Crippen LogP contribution in [-0.4, -0.2) is 24.1 Å². The van der Waals surface area contributed by atoms with Crippen molar-refractivity contribution in [2.75, 3.05) is 18.4 Å². The molecule has 1 aromatic carbocycles. The van der Waals surface area contributed by atoms with Crippen molar-refractivity contribution in [3.63, 3.8) is 0 Å². The van der Waals surface area contributed by atoms with E-state index in [1.54, 1.807) is 0 Å². The molecular formula is C10H13BrN4OS. The number of nitrogens with one attached hydrogen (secondary N) is 2. The van der Waals surface area contributed by atoms with Gasteiger partial charge in [0, 0.05) is 28.8 Å². The molecule has 0 spiro atoms. The molecule has 5 nitrogen and oxygen atoms in total. The predicted octanol–water partition coefficient (Wildman–Crippen LogP) is 1.16. The van der Waals surface area contributed by atoms with Crippen molar-refractivity contribution in [1.82, 2.24) is 5.32 Å². The fourth-order valence-electron chi connectivity index (χ4n) is 1.19. The number of primary amides is 1. The summed E-state index contributed by atoms with van der Waals surface area (Å²) in [5, 5.41) is 5.62. The Labute approximate surface area is 113 Å². The van der Waals surface area contributed by atoms with Crippen LogP contribution in [0.3, 0.4) is 0 Å². The summed E-state index contributed by atoms with van der Waals surface area (Å²) in [6, 6.07) is 5.00. The summed E-state index contributed by atoms with van der Waals surface area (Å²) in [4.78, 5) is 10.8. The van der Waals surface area contributed by atoms with Crippen LogP contribution in [0.4, 0.5) is 10.5 Å². The van der Waals surface area contributed by atoms with Gasteiger partial charge in [-0.05, 0) is 34.1 Å². The molecule has 0 fully saturated rings. The van der Waals surface area contributed by atoms with E-state index < -0.39 is 6.03 Å². The monoisotopic (exact) mass is 316 g/mol. The van der Waals surface area contributed by atoms with Crippen molar-refractivity contribution in [2.45, 2.75) is 0 Å². The fourth-order valence-corrected chi connectivity index (χ4v) is 1.84. The van der Waals surface area contributed by atoms with E-state index in [4.69, 9.17) is 23.7 Å². The van der Waals surface area contributed by atoms with Crippen molar-refractivity contribution in [2.24, 2.45) is 11.5 Å². The molecule has 0 heterocycles. The van der Waals surface area contributed by atoms with E-state index in [2.05, 4.69) is 26.6 Å². The van der Waals surface area contributed by atoms with Crippen molar-refractivity contribution < 1.29 is 4.79 Å². The van der Waals surface area contributed by atoms with Gasteiger partial charge < -0.3 is 22.1 Å². The molecule has 1 aromatic rings. The minimum atomic E-state index is -0.533. The number of amides is 2. The van der Waals surface area contributed by atoms with E-state index in [9.17, 15) is 4.79 Å². The lowest BCUT2D eigenvalue weighted by Crippen LogP contribution is -2.33. The quantitative estimate of drug-likeness (QED) is 0.484. The van der Waals surface area contributed by atoms with E-state index in [-0.39, 0.29) is 0 Å². The van der Waals surface area contributed by atoms with Gasteiger partial charge in [0.2, 0.25) is 0 Å². The molecule has 7 heteroatoms. The second-order valence-electron chi connectivity index (χ2n) is 3.28. The maximum Gasteiger partial charge on any atom is 0.312 e. The number of hydrogen-bond acceptors (Lipinski definition) is 3. The van der Waals surface area contributed by atoms with Gasteiger partial charge in [-0.15, -0.1) is 0 Å². The summed E-state index contributed by atoms with van der Waals surface area (Å²) >= 11 is 8.28. The van der Waals surface area contributed by atoms with Crippen LogP contribution < -0.4 is 22.1 Å². The summed E-state index contributed by atoms with van der Waals surface area (Å²) in [6.45, 7) is 1.03. The Morgan fingerprint density at radius 3 is 2.59 bits per heavy atom. The van der Waals surface area contributed by atoms with Gasteiger partial charge in [-0.3, -0.25) is 0 Å². The third-order valence-corrected chi connectivity index (χ3v) is 2.89. The van der Waals surface area contributed by atoms with Gasteiger partial charge in [0.05, 0.1) is 0 Å². The van der Waals surface area contributed by atoms with Crippen LogP contribution >= 0.6 is 28.1 Å². The van der Waals surface area contributed by atoms with Crippen LogP contribution in [0.2, 0.25) is 0 Å². The highest BCUT2D eigenvalue weighted by molar-refractivity contribution is 9.10. The van der Waals surface area contributed by atoms with E-state index in [1.807, 2.05) is 18.2 Å². The number of nitrogens with two attached hydrogens (primary N) is 2. The SMILES string of the molecule is NC(=O)NCCNc1ccc(C(N)=S)cc1Br. The predicted molar refractivity (Wildman–Crippen MR) is 76.1 cm³/mol. The molecule has 0 unspecified atom stereocenters. The number of carbonyl (C=O) groups is 1. The zero-order valence-electron chi connectivity index (χ0n) is 9.00. The van der Waals surface area contributed by atoms with Crippen molar-refractivity contribution >= 4 is 44.9 Å². The Morgan fingerprint density at radius 1 is 1.35 bits per heavy atom. The fraction of sp³-hybridized carbons (Fsp3) is 0.200. The van der Waals surface area contributed by atoms with Gasteiger partial charge in [-0.25, -0.2) is 4.79 Å². The maximum atomic E-state index is 10.4. The lowest BCUT2D eigenvalue weighted by atomic mass is 10.2. The molecule has 2 amide bonds. The largest absolute Gasteiger partial charge is 0.389 e. The molecule has 92 valence electrons. The minimum absolute atomic E-state index is 0.354. The Kier molecular flexibility index (Phi) is 5.17. The average molecular weight is 317 g/mol. The second kappa shape index (κ2) is 6.41. The van der Waals surface area contributed by atoms with Crippen LogP contribution in [0, 0.1) is 0 Å². The van der Waals surface area contributed by atoms with Gasteiger partial charge in [0.25, 0.3) is 0 Å². The first-order valence-corrected chi connectivity index (χ1v) is 6.07. The molecule has 0 bridgehead atoms. The van der Waals surface area contributed by atoms with E-state index >= 15 is 0 Å². The number of anilines is 1. The Balaban J connectivity index is 2.54. The van der Waals surface area contributed by atoms with Crippen LogP contribution in [0.1, 0.15) is 5.56 Å². The summed E-state index contributed by atoms with van der Waals surface area (Å²) in [6.07, 6.45) is 0. The number of hydrogen-bond donors (Lipinski definition) is 4. The number of rotatable bonds is 5. The number of urea groups is 1. The van der Waals surface area contributed by atoms with Gasteiger partial charge in [-0.1, -0.05) is 12.2 Å². The molecule has 0 atom stereocenters. The molecular weight excluding hydrogens is 304 g/mol. The summed E-state index contributed by atoms with van der Waals surface area (Å²) in [5.74, 6) is 0. The third kappa shape index (κ3) is 4.58. The van der Waals surface area contributed by atoms with Crippen LogP contribution in [0.15, 0.2) is 22.7 Å². The highest BCUT2D eigenvalue weighted by atomic mass is 79.9. The van der Waals surface area contributed by atoms with E-state index in [0.29, 0.717) is 18.1 Å². The van der Waals surface area contributed by atoms with Gasteiger partial charge >= 0.3 is 6.03 Å². The Bertz CT molecular complexity index is 438. The van der Waals surface area contributed by atoms with Crippen molar-refractivity contribution in [3.8, 4) is 0 Å². The normalized spacial score (nSPS) is 9.71. The number of carbonyl (C=O) groups excluding carboxylic acids is 1. The Hall–Kier alpha value is -1.34. The van der Waals surface area contributed by atoms with Crippen LogP contribution in [0.5, 0.6) is 0 Å². The number of benzene rings is 1. The van der Waals surface area contributed by atoms with Crippen molar-refractivity contribution in [3.05, 3.63) is 28.2 Å². The van der Waals surface area contributed by atoms with Crippen molar-refractivity contribution in [1.29, 1.82) is 0 Å². The average Bonchev–Trinajstić information content (AvgIpc) is 2.25. The molecule has 0 aliphatic carbocycles. The standard InChI is InChI=1S/C10H13BrN4OS/c11-7-5-6(9(12)17)1-2-8(7)14-3-4-15-10(13)16/h1-2,5,14H,3-4H2,(H2,12,17)(H3,13,15,16). The third-order valence-electron chi connectivity index (χ3n) is 1.99. The molecule has 0 saturated carbocycles. The maximum absolute atomic E-state index is 10.4. The lowest BCUT2D eigenvalue weighted by molar-refractivity contribution is 0.249. The topological polar surface area (TPSA) is 93.2 Å². The smallest absolute Gasteiger partial charge is 0.312 e. The molecule has 17 heavy (non-hydrogen) atoms. The van der Waals surface area contributed by atoms with Crippen LogP contribution in [-0.2, 0) is 0 Å². The molecule has 1 rings (SSSR count). The summed E-state index contributed by atoms with van der Waals surface area (Å²) in [5.41, 5.74) is 12.2. The zero-order chi connectivity index (χ0) is 12.8. The molecule has 0 aromatic heterocycles. The van der Waals surface area contributed by atoms with Crippen LogP contribution in [0.25, 0.3) is 0 Å². The van der Waals surface area contributed by atoms with Gasteiger partial charge in [-0.2, -0.15) is 0 Å². The second-order valence-corrected chi connectivity index (χ2v) is 4.57. The van der Waals surface area contributed by atoms with Gasteiger partial charge in [0.15, 0.2) is 0 Å². The molecule has 0 aliphatic heterocycles. The summed E-state index contributed by atoms with van der Waals surface area (Å²) in [7, 11) is 0. The van der Waals surface area contributed by atoms with E-state index in [0.717, 1.165) is 15.7 Å². The molecule has 6 N–H and O–H groups in total. The van der Waals surface area contributed by atoms with E-state index in [1.165, 1.54) is 0 Å². The van der Waals surface area contributed by atoms with Gasteiger partial charge in [0.1, 0.15) is 4.99 Å². The molecule has 0 radical (unpaired) electrons. The Morgan fingerprint density at radius 2 is 2.06 bits per heavy atom. The first-order valence-electron chi connectivity index (χ1n) is 4.87. The lowest BCUT2D eigenvalue weighted by Gasteiger charge is -2.09. The number of halogens is 1. The highest BCUT2D eigenvalue weighted by Gasteiger charge is 2.02. The first kappa shape index (κ1) is 13.7. The molecule has 0 saturated heterocycles. The minimum Gasteiger partial charge on any atom is -0.389 e. The summed E-state index contributed by atoms with van der Waals surface area (Å²) < 4.78 is 0.863. The first-order chi connectivity index (χ1) is 8.00. The molecule has 0 aliphatic rings.